The number of ether oxygens (including phenoxy) is 1. The van der Waals surface area contributed by atoms with Crippen LogP contribution in [0.15, 0.2) is 94.1 Å². The lowest BCUT2D eigenvalue weighted by atomic mass is 10.1. The van der Waals surface area contributed by atoms with Crippen molar-refractivity contribution < 1.29 is 19.1 Å². The minimum atomic E-state index is -0.780. The lowest BCUT2D eigenvalue weighted by Gasteiger charge is -2.12. The van der Waals surface area contributed by atoms with Crippen LogP contribution in [0.4, 0.5) is 0 Å². The van der Waals surface area contributed by atoms with Crippen LogP contribution in [0.3, 0.4) is 0 Å². The highest BCUT2D eigenvalue weighted by Crippen LogP contribution is 2.23. The minimum Gasteiger partial charge on any atom is -0.484 e. The second kappa shape index (κ2) is 9.28. The van der Waals surface area contributed by atoms with Gasteiger partial charge >= 0.3 is 5.63 Å². The highest BCUT2D eigenvalue weighted by atomic mass is 16.5. The summed E-state index contributed by atoms with van der Waals surface area (Å²) in [6, 6.07) is 25.1. The molecule has 156 valence electrons. The average Bonchev–Trinajstić information content (AvgIpc) is 2.81. The zero-order valence-corrected chi connectivity index (χ0v) is 16.7. The van der Waals surface area contributed by atoms with Crippen LogP contribution in [0.2, 0.25) is 0 Å². The third-order valence-electron chi connectivity index (χ3n) is 4.85. The average molecular weight is 415 g/mol. The van der Waals surface area contributed by atoms with Crippen LogP contribution >= 0.6 is 0 Å². The monoisotopic (exact) mass is 415 g/mol. The quantitative estimate of drug-likeness (QED) is 0.450. The lowest BCUT2D eigenvalue weighted by molar-refractivity contribution is -0.123. The molecule has 0 aliphatic heterocycles. The Labute approximate surface area is 178 Å². The Kier molecular flexibility index (Phi) is 6.10. The Bertz CT molecular complexity index is 1230. The zero-order valence-electron chi connectivity index (χ0n) is 16.7. The summed E-state index contributed by atoms with van der Waals surface area (Å²) in [5.41, 5.74) is 2.01. The molecule has 1 amide bonds. The largest absolute Gasteiger partial charge is 0.484 e. The number of aliphatic hydroxyl groups is 1. The fourth-order valence-corrected chi connectivity index (χ4v) is 3.20. The van der Waals surface area contributed by atoms with E-state index in [4.69, 9.17) is 9.15 Å². The smallest absolute Gasteiger partial charge is 0.344 e. The number of amides is 1. The summed E-state index contributed by atoms with van der Waals surface area (Å²) in [7, 11) is 0. The predicted octanol–water partition coefficient (Wildman–Crippen LogP) is 3.69. The number of fused-ring (bicyclic) bond motifs is 1. The van der Waals surface area contributed by atoms with E-state index in [1.54, 1.807) is 48.5 Å². The summed E-state index contributed by atoms with van der Waals surface area (Å²) >= 11 is 0. The highest BCUT2D eigenvalue weighted by molar-refractivity contribution is 5.81. The second-order valence-corrected chi connectivity index (χ2v) is 7.03. The highest BCUT2D eigenvalue weighted by Gasteiger charge is 2.11. The van der Waals surface area contributed by atoms with Gasteiger partial charge in [0.05, 0.1) is 11.7 Å². The van der Waals surface area contributed by atoms with Gasteiger partial charge in [-0.05, 0) is 35.4 Å². The van der Waals surface area contributed by atoms with Crippen molar-refractivity contribution in [2.24, 2.45) is 0 Å². The normalized spacial score (nSPS) is 11.8. The maximum Gasteiger partial charge on any atom is 0.344 e. The van der Waals surface area contributed by atoms with E-state index in [1.165, 1.54) is 0 Å². The van der Waals surface area contributed by atoms with Crippen LogP contribution in [-0.4, -0.2) is 24.2 Å². The molecule has 1 heterocycles. The van der Waals surface area contributed by atoms with Gasteiger partial charge in [0.2, 0.25) is 0 Å². The predicted molar refractivity (Wildman–Crippen MR) is 118 cm³/mol. The van der Waals surface area contributed by atoms with Gasteiger partial charge < -0.3 is 19.6 Å². The van der Waals surface area contributed by atoms with Gasteiger partial charge in [-0.1, -0.05) is 60.7 Å². The van der Waals surface area contributed by atoms with Crippen LogP contribution in [0.5, 0.6) is 5.75 Å². The first-order valence-corrected chi connectivity index (χ1v) is 9.86. The Morgan fingerprint density at radius 3 is 2.45 bits per heavy atom. The molecule has 1 unspecified atom stereocenters. The maximum absolute atomic E-state index is 12.3. The van der Waals surface area contributed by atoms with Crippen molar-refractivity contribution in [2.45, 2.75) is 6.10 Å². The number of hydrogen-bond acceptors (Lipinski definition) is 5. The molecule has 4 rings (SSSR count). The molecule has 0 saturated carbocycles. The van der Waals surface area contributed by atoms with Gasteiger partial charge in [-0.3, -0.25) is 4.79 Å². The summed E-state index contributed by atoms with van der Waals surface area (Å²) in [6.45, 7) is -0.0815. The number of carbonyl (C=O) groups is 1. The molecule has 1 atom stereocenters. The van der Waals surface area contributed by atoms with E-state index in [0.29, 0.717) is 22.5 Å². The van der Waals surface area contributed by atoms with Crippen molar-refractivity contribution in [3.8, 4) is 16.9 Å². The van der Waals surface area contributed by atoms with E-state index >= 15 is 0 Å². The van der Waals surface area contributed by atoms with E-state index < -0.39 is 11.7 Å². The first-order chi connectivity index (χ1) is 15.1. The number of benzene rings is 3. The summed E-state index contributed by atoms with van der Waals surface area (Å²) < 4.78 is 10.9. The van der Waals surface area contributed by atoms with E-state index in [2.05, 4.69) is 5.32 Å². The standard InChI is InChI=1S/C25H21NO5/c27-22(18-6-2-1-3-7-18)15-26-24(28)16-30-20-12-10-17(11-13-20)21-14-19-8-4-5-9-23(19)31-25(21)29/h1-14,22,27H,15-16H2,(H,26,28). The minimum absolute atomic E-state index is 0.100. The van der Waals surface area contributed by atoms with Crippen LogP contribution in [0.1, 0.15) is 11.7 Å². The van der Waals surface area contributed by atoms with Gasteiger partial charge in [-0.15, -0.1) is 0 Å². The number of rotatable bonds is 7. The zero-order chi connectivity index (χ0) is 21.6. The van der Waals surface area contributed by atoms with Crippen molar-refractivity contribution in [1.82, 2.24) is 5.32 Å². The van der Waals surface area contributed by atoms with Gasteiger partial charge in [0, 0.05) is 11.9 Å². The molecule has 0 radical (unpaired) electrons. The number of nitrogens with one attached hydrogen (secondary N) is 1. The van der Waals surface area contributed by atoms with Crippen molar-refractivity contribution in [2.75, 3.05) is 13.2 Å². The molecule has 0 aliphatic carbocycles. The SMILES string of the molecule is O=C(COc1ccc(-c2cc3ccccc3oc2=O)cc1)NCC(O)c1ccccc1. The number of aliphatic hydroxyl groups excluding tert-OH is 1. The number of para-hydroxylation sites is 1. The fraction of sp³-hybridized carbons (Fsp3) is 0.120. The summed E-state index contributed by atoms with van der Waals surface area (Å²) in [6.07, 6.45) is -0.780. The molecule has 0 saturated heterocycles. The number of carbonyl (C=O) groups excluding carboxylic acids is 1. The topological polar surface area (TPSA) is 88.8 Å². The van der Waals surface area contributed by atoms with Gasteiger partial charge in [0.25, 0.3) is 5.91 Å². The van der Waals surface area contributed by atoms with Crippen molar-refractivity contribution in [3.63, 3.8) is 0 Å². The van der Waals surface area contributed by atoms with Crippen LogP contribution in [0, 0.1) is 0 Å². The van der Waals surface area contributed by atoms with Crippen LogP contribution in [-0.2, 0) is 4.79 Å². The molecule has 0 bridgehead atoms. The third kappa shape index (κ3) is 4.99. The number of hydrogen-bond donors (Lipinski definition) is 2. The van der Waals surface area contributed by atoms with Gasteiger partial charge in [0.1, 0.15) is 11.3 Å². The Balaban J connectivity index is 1.34. The van der Waals surface area contributed by atoms with Crippen molar-refractivity contribution >= 4 is 16.9 Å². The van der Waals surface area contributed by atoms with Gasteiger partial charge in [-0.25, -0.2) is 4.79 Å². The molecule has 3 aromatic carbocycles. The molecular formula is C25H21NO5. The van der Waals surface area contributed by atoms with Gasteiger partial charge in [-0.2, -0.15) is 0 Å². The molecule has 0 fully saturated rings. The molecule has 0 spiro atoms. The molecule has 6 nitrogen and oxygen atoms in total. The van der Waals surface area contributed by atoms with E-state index in [0.717, 1.165) is 10.9 Å². The first kappa shape index (κ1) is 20.4. The first-order valence-electron chi connectivity index (χ1n) is 9.86. The third-order valence-corrected chi connectivity index (χ3v) is 4.85. The maximum atomic E-state index is 12.3. The second-order valence-electron chi connectivity index (χ2n) is 7.03. The molecular weight excluding hydrogens is 394 g/mol. The van der Waals surface area contributed by atoms with Crippen LogP contribution in [0.25, 0.3) is 22.1 Å². The van der Waals surface area contributed by atoms with Crippen molar-refractivity contribution in [3.05, 3.63) is 101 Å². The lowest BCUT2D eigenvalue weighted by Crippen LogP contribution is -2.32. The Morgan fingerprint density at radius 2 is 1.68 bits per heavy atom. The fourth-order valence-electron chi connectivity index (χ4n) is 3.20. The molecule has 6 heteroatoms. The van der Waals surface area contributed by atoms with E-state index in [-0.39, 0.29) is 19.1 Å². The van der Waals surface area contributed by atoms with E-state index in [9.17, 15) is 14.7 Å². The van der Waals surface area contributed by atoms with E-state index in [1.807, 2.05) is 36.4 Å². The molecule has 4 aromatic rings. The van der Waals surface area contributed by atoms with Gasteiger partial charge in [0.15, 0.2) is 6.61 Å². The Hall–Kier alpha value is -3.90. The van der Waals surface area contributed by atoms with Crippen LogP contribution < -0.4 is 15.7 Å². The molecule has 0 aliphatic rings. The Morgan fingerprint density at radius 1 is 0.968 bits per heavy atom. The summed E-state index contributed by atoms with van der Waals surface area (Å²) in [5, 5.41) is 13.6. The molecule has 31 heavy (non-hydrogen) atoms. The summed E-state index contributed by atoms with van der Waals surface area (Å²) in [5.74, 6) is 0.155. The summed E-state index contributed by atoms with van der Waals surface area (Å²) in [4.78, 5) is 24.3. The molecule has 2 N–H and O–H groups in total. The van der Waals surface area contributed by atoms with Crippen molar-refractivity contribution in [1.29, 1.82) is 0 Å². The molecule has 1 aromatic heterocycles.